The molecule has 5 nitrogen and oxygen atoms in total. The number of hydrazone groups is 1. The van der Waals surface area contributed by atoms with E-state index >= 15 is 0 Å². The maximum Gasteiger partial charge on any atom is 0.259 e. The first-order valence-electron chi connectivity index (χ1n) is 8.88. The average molecular weight is 412 g/mol. The van der Waals surface area contributed by atoms with Gasteiger partial charge in [0.25, 0.3) is 5.91 Å². The lowest BCUT2D eigenvalue weighted by Gasteiger charge is -2.09. The van der Waals surface area contributed by atoms with Crippen LogP contribution in [0.1, 0.15) is 11.1 Å². The third-order valence-corrected chi connectivity index (χ3v) is 4.13. The predicted molar refractivity (Wildman–Crippen MR) is 113 cm³/mol. The monoisotopic (exact) mass is 411 g/mol. The molecule has 0 heterocycles. The van der Waals surface area contributed by atoms with Gasteiger partial charge >= 0.3 is 0 Å². The van der Waals surface area contributed by atoms with Crippen molar-refractivity contribution in [3.8, 4) is 5.75 Å². The van der Waals surface area contributed by atoms with Crippen LogP contribution in [0.5, 0.6) is 5.75 Å². The molecule has 7 heteroatoms. The fourth-order valence-electron chi connectivity index (χ4n) is 2.47. The van der Waals surface area contributed by atoms with Crippen LogP contribution in [0.2, 0.25) is 5.02 Å². The van der Waals surface area contributed by atoms with Gasteiger partial charge in [0, 0.05) is 16.3 Å². The molecule has 0 unspecified atom stereocenters. The molecule has 0 aromatic heterocycles. The average Bonchev–Trinajstić information content (AvgIpc) is 2.73. The van der Waals surface area contributed by atoms with Crippen molar-refractivity contribution in [2.75, 3.05) is 11.9 Å². The van der Waals surface area contributed by atoms with Crippen molar-refractivity contribution in [1.29, 1.82) is 0 Å². The zero-order valence-electron chi connectivity index (χ0n) is 15.4. The highest BCUT2D eigenvalue weighted by Gasteiger charge is 2.03. The first-order valence-corrected chi connectivity index (χ1v) is 9.25. The molecule has 0 aliphatic heterocycles. The van der Waals surface area contributed by atoms with E-state index < -0.39 is 0 Å². The molecular formula is C22H19ClFN3O2. The van der Waals surface area contributed by atoms with E-state index in [4.69, 9.17) is 16.3 Å². The summed E-state index contributed by atoms with van der Waals surface area (Å²) in [6, 6.07) is 20.5. The van der Waals surface area contributed by atoms with Gasteiger partial charge < -0.3 is 10.1 Å². The van der Waals surface area contributed by atoms with Gasteiger partial charge in [0.05, 0.1) is 12.8 Å². The molecule has 0 spiro atoms. The lowest BCUT2D eigenvalue weighted by Crippen LogP contribution is -2.25. The van der Waals surface area contributed by atoms with Crippen molar-refractivity contribution in [2.45, 2.75) is 6.61 Å². The summed E-state index contributed by atoms with van der Waals surface area (Å²) in [6.45, 7) is 0.370. The van der Waals surface area contributed by atoms with E-state index in [0.717, 1.165) is 11.1 Å². The normalized spacial score (nSPS) is 10.7. The highest BCUT2D eigenvalue weighted by atomic mass is 35.5. The molecule has 29 heavy (non-hydrogen) atoms. The minimum atomic E-state index is -0.333. The number of nitrogens with zero attached hydrogens (tertiary/aromatic N) is 1. The fourth-order valence-corrected chi connectivity index (χ4v) is 2.68. The van der Waals surface area contributed by atoms with Gasteiger partial charge in [-0.25, -0.2) is 9.82 Å². The summed E-state index contributed by atoms with van der Waals surface area (Å²) >= 11 is 5.99. The zero-order chi connectivity index (χ0) is 20.5. The van der Waals surface area contributed by atoms with Crippen LogP contribution in [0.4, 0.5) is 10.1 Å². The topological polar surface area (TPSA) is 62.7 Å². The van der Waals surface area contributed by atoms with Gasteiger partial charge in [0.1, 0.15) is 18.2 Å². The number of hydrogen-bond acceptors (Lipinski definition) is 4. The molecule has 0 atom stereocenters. The van der Waals surface area contributed by atoms with Crippen LogP contribution in [0.3, 0.4) is 0 Å². The Kier molecular flexibility index (Phi) is 7.19. The van der Waals surface area contributed by atoms with Crippen LogP contribution in [0.25, 0.3) is 0 Å². The van der Waals surface area contributed by atoms with Crippen molar-refractivity contribution < 1.29 is 13.9 Å². The van der Waals surface area contributed by atoms with Gasteiger partial charge in [-0.15, -0.1) is 0 Å². The van der Waals surface area contributed by atoms with Gasteiger partial charge in [-0.1, -0.05) is 35.9 Å². The molecule has 1 amide bonds. The second-order valence-electron chi connectivity index (χ2n) is 6.11. The molecule has 148 valence electrons. The Morgan fingerprint density at radius 2 is 1.86 bits per heavy atom. The molecule has 0 fully saturated rings. The maximum absolute atomic E-state index is 12.9. The minimum absolute atomic E-state index is 0.00981. The van der Waals surface area contributed by atoms with Crippen LogP contribution in [0.15, 0.2) is 77.9 Å². The zero-order valence-corrected chi connectivity index (χ0v) is 16.2. The number of ether oxygens (including phenoxy) is 1. The maximum atomic E-state index is 12.9. The number of hydrogen-bond donors (Lipinski definition) is 2. The van der Waals surface area contributed by atoms with Crippen molar-refractivity contribution in [3.63, 3.8) is 0 Å². The number of benzene rings is 3. The summed E-state index contributed by atoms with van der Waals surface area (Å²) in [5.74, 6) is -0.0290. The summed E-state index contributed by atoms with van der Waals surface area (Å²) < 4.78 is 18.7. The van der Waals surface area contributed by atoms with Gasteiger partial charge in [-0.05, 0) is 54.1 Å². The summed E-state index contributed by atoms with van der Waals surface area (Å²) in [5.41, 5.74) is 4.76. The van der Waals surface area contributed by atoms with E-state index in [0.29, 0.717) is 23.1 Å². The summed E-state index contributed by atoms with van der Waals surface area (Å²) in [4.78, 5) is 11.9. The quantitative estimate of drug-likeness (QED) is 0.420. The Balaban J connectivity index is 1.52. The molecule has 0 aliphatic carbocycles. The first kappa shape index (κ1) is 20.4. The standard InChI is InChI=1S/C22H19ClFN3O2/c23-18-6-3-4-16(12-18)15-29-21-7-2-1-5-17(21)13-26-27-22(28)14-25-20-10-8-19(24)9-11-20/h1-13,25H,14-15H2,(H,27,28)/b26-13-. The smallest absolute Gasteiger partial charge is 0.259 e. The number of carbonyl (C=O) groups is 1. The highest BCUT2D eigenvalue weighted by Crippen LogP contribution is 2.19. The number of anilines is 1. The number of carbonyl (C=O) groups excluding carboxylic acids is 1. The third kappa shape index (κ3) is 6.62. The van der Waals surface area contributed by atoms with Gasteiger partial charge in [-0.2, -0.15) is 5.10 Å². The molecule has 3 aromatic carbocycles. The fraction of sp³-hybridized carbons (Fsp3) is 0.0909. The van der Waals surface area contributed by atoms with E-state index in [-0.39, 0.29) is 18.3 Å². The Hall–Kier alpha value is -3.38. The van der Waals surface area contributed by atoms with E-state index in [1.165, 1.54) is 18.3 Å². The van der Waals surface area contributed by atoms with Crippen molar-refractivity contribution in [1.82, 2.24) is 5.43 Å². The van der Waals surface area contributed by atoms with E-state index in [1.54, 1.807) is 18.2 Å². The molecule has 0 aliphatic rings. The van der Waals surface area contributed by atoms with Gasteiger partial charge in [0.2, 0.25) is 0 Å². The molecule has 3 rings (SSSR count). The Bertz CT molecular complexity index is 993. The number of para-hydroxylation sites is 1. The Morgan fingerprint density at radius 3 is 2.66 bits per heavy atom. The van der Waals surface area contributed by atoms with E-state index in [1.807, 2.05) is 42.5 Å². The van der Waals surface area contributed by atoms with Crippen LogP contribution in [0, 0.1) is 5.82 Å². The van der Waals surface area contributed by atoms with Gasteiger partial charge in [-0.3, -0.25) is 4.79 Å². The lowest BCUT2D eigenvalue weighted by molar-refractivity contribution is -0.119. The van der Waals surface area contributed by atoms with Crippen LogP contribution in [-0.4, -0.2) is 18.7 Å². The van der Waals surface area contributed by atoms with E-state index in [2.05, 4.69) is 15.8 Å². The Labute approximate surface area is 173 Å². The number of halogens is 2. The van der Waals surface area contributed by atoms with Crippen molar-refractivity contribution >= 4 is 29.4 Å². The van der Waals surface area contributed by atoms with Crippen molar-refractivity contribution in [3.05, 3.63) is 94.8 Å². The molecule has 3 aromatic rings. The minimum Gasteiger partial charge on any atom is -0.488 e. The van der Waals surface area contributed by atoms with Gasteiger partial charge in [0.15, 0.2) is 0 Å². The molecular weight excluding hydrogens is 393 g/mol. The molecule has 0 saturated carbocycles. The molecule has 0 bridgehead atoms. The highest BCUT2D eigenvalue weighted by molar-refractivity contribution is 6.30. The number of rotatable bonds is 8. The summed E-state index contributed by atoms with van der Waals surface area (Å²) in [5, 5.41) is 7.51. The van der Waals surface area contributed by atoms with E-state index in [9.17, 15) is 9.18 Å². The lowest BCUT2D eigenvalue weighted by atomic mass is 10.2. The van der Waals surface area contributed by atoms with Crippen LogP contribution < -0.4 is 15.5 Å². The largest absolute Gasteiger partial charge is 0.488 e. The predicted octanol–water partition coefficient (Wildman–Crippen LogP) is 4.62. The van der Waals surface area contributed by atoms with Crippen LogP contribution >= 0.6 is 11.6 Å². The SMILES string of the molecule is O=C(CNc1ccc(F)cc1)N/N=C\c1ccccc1OCc1cccc(Cl)c1. The molecule has 0 radical (unpaired) electrons. The van der Waals surface area contributed by atoms with Crippen LogP contribution in [-0.2, 0) is 11.4 Å². The second kappa shape index (κ2) is 10.2. The Morgan fingerprint density at radius 1 is 1.07 bits per heavy atom. The number of nitrogens with one attached hydrogen (secondary N) is 2. The second-order valence-corrected chi connectivity index (χ2v) is 6.55. The third-order valence-electron chi connectivity index (χ3n) is 3.89. The summed E-state index contributed by atoms with van der Waals surface area (Å²) in [6.07, 6.45) is 1.52. The molecule has 0 saturated heterocycles. The van der Waals surface area contributed by atoms with Crippen molar-refractivity contribution in [2.24, 2.45) is 5.10 Å². The molecule has 2 N–H and O–H groups in total. The number of amides is 1. The summed E-state index contributed by atoms with van der Waals surface area (Å²) in [7, 11) is 0. The first-order chi connectivity index (χ1) is 14.1.